The van der Waals surface area contributed by atoms with Gasteiger partial charge in [0.2, 0.25) is 0 Å². The van der Waals surface area contributed by atoms with E-state index in [1.165, 1.54) is 0 Å². The van der Waals surface area contributed by atoms with Crippen molar-refractivity contribution in [1.29, 1.82) is 0 Å². The topological polar surface area (TPSA) is 26.3 Å². The Hall–Kier alpha value is -0.240. The Morgan fingerprint density at radius 1 is 1.31 bits per heavy atom. The van der Waals surface area contributed by atoms with Gasteiger partial charge >= 0.3 is 5.97 Å². The molecule has 2 nitrogen and oxygen atoms in total. The molecule has 0 aromatic carbocycles. The molecular formula is C10H19ClO2. The van der Waals surface area contributed by atoms with Crippen molar-refractivity contribution in [3.05, 3.63) is 0 Å². The van der Waals surface area contributed by atoms with E-state index in [9.17, 15) is 4.79 Å². The fraction of sp³-hybridized carbons (Fsp3) is 0.900. The molecule has 3 heteroatoms. The third-order valence-corrected chi connectivity index (χ3v) is 2.82. The Bertz CT molecular complexity index is 153. The highest BCUT2D eigenvalue weighted by Gasteiger charge is 2.35. The first-order chi connectivity index (χ1) is 6.16. The minimum atomic E-state index is -0.349. The van der Waals surface area contributed by atoms with Gasteiger partial charge < -0.3 is 4.74 Å². The van der Waals surface area contributed by atoms with E-state index in [-0.39, 0.29) is 11.4 Å². The molecule has 0 aliphatic heterocycles. The summed E-state index contributed by atoms with van der Waals surface area (Å²) >= 11 is 5.68. The van der Waals surface area contributed by atoms with Gasteiger partial charge in [-0.25, -0.2) is 0 Å². The van der Waals surface area contributed by atoms with Crippen molar-refractivity contribution in [3.63, 3.8) is 0 Å². The van der Waals surface area contributed by atoms with Crippen LogP contribution in [0.4, 0.5) is 0 Å². The van der Waals surface area contributed by atoms with Crippen LogP contribution in [0.25, 0.3) is 0 Å². The normalized spacial score (nSPS) is 11.4. The first-order valence-electron chi connectivity index (χ1n) is 4.90. The van der Waals surface area contributed by atoms with Crippen LogP contribution in [0.3, 0.4) is 0 Å². The molecule has 0 N–H and O–H groups in total. The van der Waals surface area contributed by atoms with Gasteiger partial charge in [-0.2, -0.15) is 0 Å². The largest absolute Gasteiger partial charge is 0.466 e. The quantitative estimate of drug-likeness (QED) is 0.494. The third-order valence-electron chi connectivity index (χ3n) is 2.64. The van der Waals surface area contributed by atoms with E-state index in [0.29, 0.717) is 18.9 Å². The maximum atomic E-state index is 11.6. The molecule has 0 unspecified atom stereocenters. The van der Waals surface area contributed by atoms with E-state index in [1.54, 1.807) is 0 Å². The molecule has 0 fully saturated rings. The van der Waals surface area contributed by atoms with Gasteiger partial charge in [-0.3, -0.25) is 4.79 Å². The molecule has 0 saturated carbocycles. The molecule has 0 rings (SSSR count). The van der Waals surface area contributed by atoms with E-state index in [2.05, 4.69) is 0 Å². The second-order valence-electron chi connectivity index (χ2n) is 3.15. The Morgan fingerprint density at radius 3 is 2.15 bits per heavy atom. The summed E-state index contributed by atoms with van der Waals surface area (Å²) in [5, 5.41) is 0. The van der Waals surface area contributed by atoms with Gasteiger partial charge in [-0.1, -0.05) is 13.8 Å². The predicted octanol–water partition coefficient (Wildman–Crippen LogP) is 2.98. The molecule has 0 spiro atoms. The highest BCUT2D eigenvalue weighted by Crippen LogP contribution is 2.32. The van der Waals surface area contributed by atoms with Crippen LogP contribution in [0.5, 0.6) is 0 Å². The molecule has 13 heavy (non-hydrogen) atoms. The molecule has 0 atom stereocenters. The van der Waals surface area contributed by atoms with Crippen molar-refractivity contribution in [2.24, 2.45) is 5.41 Å². The average Bonchev–Trinajstić information content (AvgIpc) is 2.14. The second-order valence-corrected chi connectivity index (χ2v) is 3.52. The monoisotopic (exact) mass is 206 g/mol. The number of hydrogen-bond acceptors (Lipinski definition) is 2. The number of rotatable bonds is 6. The van der Waals surface area contributed by atoms with Crippen LogP contribution >= 0.6 is 11.6 Å². The van der Waals surface area contributed by atoms with Crippen molar-refractivity contribution in [2.75, 3.05) is 12.5 Å². The fourth-order valence-corrected chi connectivity index (χ4v) is 1.82. The average molecular weight is 207 g/mol. The number of ether oxygens (including phenoxy) is 1. The smallest absolute Gasteiger partial charge is 0.312 e. The summed E-state index contributed by atoms with van der Waals surface area (Å²) in [6.45, 7) is 6.29. The highest BCUT2D eigenvalue weighted by molar-refractivity contribution is 6.18. The van der Waals surface area contributed by atoms with Gasteiger partial charge in [0.25, 0.3) is 0 Å². The molecule has 0 aliphatic rings. The maximum Gasteiger partial charge on any atom is 0.312 e. The minimum Gasteiger partial charge on any atom is -0.466 e. The lowest BCUT2D eigenvalue weighted by Crippen LogP contribution is -2.32. The summed E-state index contributed by atoms with van der Waals surface area (Å²) in [6.07, 6.45) is 2.31. The third kappa shape index (κ3) is 3.18. The fourth-order valence-electron chi connectivity index (χ4n) is 1.46. The number of alkyl halides is 1. The predicted molar refractivity (Wildman–Crippen MR) is 55.0 cm³/mol. The van der Waals surface area contributed by atoms with Gasteiger partial charge in [-0.15, -0.1) is 11.6 Å². The summed E-state index contributed by atoms with van der Waals surface area (Å²) in [6, 6.07) is 0. The number of halogens is 1. The van der Waals surface area contributed by atoms with Gasteiger partial charge in [0.05, 0.1) is 12.0 Å². The van der Waals surface area contributed by atoms with Crippen molar-refractivity contribution in [3.8, 4) is 0 Å². The van der Waals surface area contributed by atoms with Crippen LogP contribution in [0.15, 0.2) is 0 Å². The zero-order chi connectivity index (χ0) is 10.3. The minimum absolute atomic E-state index is 0.0966. The van der Waals surface area contributed by atoms with Crippen molar-refractivity contribution < 1.29 is 9.53 Å². The van der Waals surface area contributed by atoms with Crippen molar-refractivity contribution in [2.45, 2.75) is 40.0 Å². The maximum absolute atomic E-state index is 11.6. The number of esters is 1. The van der Waals surface area contributed by atoms with Gasteiger partial charge in [-0.05, 0) is 26.2 Å². The first kappa shape index (κ1) is 12.8. The van der Waals surface area contributed by atoms with Crippen LogP contribution in [-0.4, -0.2) is 18.5 Å². The van der Waals surface area contributed by atoms with E-state index in [4.69, 9.17) is 16.3 Å². The molecule has 78 valence electrons. The summed E-state index contributed by atoms with van der Waals surface area (Å²) in [5.41, 5.74) is -0.349. The van der Waals surface area contributed by atoms with Gasteiger partial charge in [0, 0.05) is 5.88 Å². The molecule has 0 amide bonds. The molecule has 0 heterocycles. The van der Waals surface area contributed by atoms with Crippen LogP contribution in [0.2, 0.25) is 0 Å². The SMILES string of the molecule is CCOC(=O)C(CC)(CC)CCCl. The summed E-state index contributed by atoms with van der Waals surface area (Å²) in [4.78, 5) is 11.6. The number of carbonyl (C=O) groups is 1. The standard InChI is InChI=1S/C10H19ClO2/c1-4-10(5-2,7-8-11)9(12)13-6-3/h4-8H2,1-3H3. The summed E-state index contributed by atoms with van der Waals surface area (Å²) < 4.78 is 5.04. The molecule has 0 aromatic heterocycles. The van der Waals surface area contributed by atoms with Crippen LogP contribution < -0.4 is 0 Å². The molecule has 0 bridgehead atoms. The Labute approximate surface area is 85.6 Å². The Kier molecular flexibility index (Phi) is 6.13. The summed E-state index contributed by atoms with van der Waals surface area (Å²) in [7, 11) is 0. The van der Waals surface area contributed by atoms with Crippen molar-refractivity contribution in [1.82, 2.24) is 0 Å². The zero-order valence-corrected chi connectivity index (χ0v) is 9.49. The Balaban J connectivity index is 4.43. The van der Waals surface area contributed by atoms with Crippen LogP contribution in [-0.2, 0) is 9.53 Å². The van der Waals surface area contributed by atoms with Crippen LogP contribution in [0, 0.1) is 5.41 Å². The molecular weight excluding hydrogens is 188 g/mol. The van der Waals surface area contributed by atoms with E-state index in [1.807, 2.05) is 20.8 Å². The lowest BCUT2D eigenvalue weighted by atomic mass is 9.80. The molecule has 0 aromatic rings. The van der Waals surface area contributed by atoms with E-state index in [0.717, 1.165) is 12.8 Å². The lowest BCUT2D eigenvalue weighted by Gasteiger charge is -2.28. The number of hydrogen-bond donors (Lipinski definition) is 0. The molecule has 0 aliphatic carbocycles. The Morgan fingerprint density at radius 2 is 1.85 bits per heavy atom. The number of carbonyl (C=O) groups excluding carboxylic acids is 1. The van der Waals surface area contributed by atoms with E-state index < -0.39 is 0 Å². The second kappa shape index (κ2) is 6.25. The van der Waals surface area contributed by atoms with Crippen molar-refractivity contribution >= 4 is 17.6 Å². The molecule has 0 radical (unpaired) electrons. The zero-order valence-electron chi connectivity index (χ0n) is 8.73. The first-order valence-corrected chi connectivity index (χ1v) is 5.43. The van der Waals surface area contributed by atoms with Gasteiger partial charge in [0.15, 0.2) is 0 Å². The van der Waals surface area contributed by atoms with Gasteiger partial charge in [0.1, 0.15) is 0 Å². The molecule has 0 saturated heterocycles. The van der Waals surface area contributed by atoms with Crippen LogP contribution in [0.1, 0.15) is 40.0 Å². The summed E-state index contributed by atoms with van der Waals surface area (Å²) in [5.74, 6) is 0.418. The lowest BCUT2D eigenvalue weighted by molar-refractivity contribution is -0.156. The van der Waals surface area contributed by atoms with E-state index >= 15 is 0 Å². The highest BCUT2D eigenvalue weighted by atomic mass is 35.5.